The Balaban J connectivity index is 1.87. The first-order valence-electron chi connectivity index (χ1n) is 9.31. The van der Waals surface area contributed by atoms with E-state index in [1.54, 1.807) is 6.07 Å². The fraction of sp³-hybridized carbons (Fsp3) is 0.368. The van der Waals surface area contributed by atoms with E-state index < -0.39 is 30.3 Å². The Hall–Kier alpha value is -2.51. The largest absolute Gasteiger partial charge is 0.501 e. The fourth-order valence-corrected chi connectivity index (χ4v) is 5.94. The number of methoxy groups -OCH3 is 2. The molecule has 0 radical (unpaired) electrons. The van der Waals surface area contributed by atoms with Crippen molar-refractivity contribution in [2.24, 2.45) is 0 Å². The number of alkyl halides is 3. The summed E-state index contributed by atoms with van der Waals surface area (Å²) in [6.45, 7) is -0.141. The van der Waals surface area contributed by atoms with Crippen LogP contribution in [0.5, 0.6) is 11.5 Å². The lowest BCUT2D eigenvalue weighted by Crippen LogP contribution is -2.49. The molecular formula is C19H21F3N2O6S2. The molecule has 0 unspecified atom stereocenters. The molecule has 1 heterocycles. The smallest absolute Gasteiger partial charge is 0.497 e. The maximum atomic E-state index is 13.2. The maximum Gasteiger partial charge on any atom is 0.501 e. The van der Waals surface area contributed by atoms with E-state index in [-0.39, 0.29) is 42.5 Å². The molecule has 2 aromatic rings. The predicted octanol–water partition coefficient (Wildman–Crippen LogP) is 2.51. The van der Waals surface area contributed by atoms with Crippen LogP contribution in [-0.2, 0) is 19.9 Å². The van der Waals surface area contributed by atoms with Gasteiger partial charge in [-0.2, -0.15) is 17.5 Å². The fourth-order valence-electron chi connectivity index (χ4n) is 3.36. The Labute approximate surface area is 184 Å². The quantitative estimate of drug-likeness (QED) is 0.609. The molecule has 0 aliphatic carbocycles. The van der Waals surface area contributed by atoms with Crippen LogP contribution in [-0.4, -0.2) is 67.0 Å². The number of halogens is 3. The summed E-state index contributed by atoms with van der Waals surface area (Å²) in [5.74, 6) is 0.434. The summed E-state index contributed by atoms with van der Waals surface area (Å²) in [5.41, 5.74) is -5.57. The number of benzene rings is 2. The van der Waals surface area contributed by atoms with E-state index in [0.29, 0.717) is 5.75 Å². The van der Waals surface area contributed by atoms with Crippen LogP contribution in [0.3, 0.4) is 0 Å². The third-order valence-electron chi connectivity index (χ3n) is 5.03. The number of piperazine rings is 1. The van der Waals surface area contributed by atoms with Crippen LogP contribution in [0.4, 0.5) is 18.9 Å². The minimum atomic E-state index is -5.56. The molecule has 32 heavy (non-hydrogen) atoms. The van der Waals surface area contributed by atoms with Crippen molar-refractivity contribution in [3.05, 3.63) is 42.5 Å². The Morgan fingerprint density at radius 1 is 0.844 bits per heavy atom. The first-order chi connectivity index (χ1) is 14.9. The zero-order valence-electron chi connectivity index (χ0n) is 17.2. The van der Waals surface area contributed by atoms with Crippen LogP contribution >= 0.6 is 0 Å². The topological polar surface area (TPSA) is 93.2 Å². The number of para-hydroxylation sites is 1. The van der Waals surface area contributed by atoms with Gasteiger partial charge in [-0.05, 0) is 24.3 Å². The number of rotatable bonds is 6. The van der Waals surface area contributed by atoms with E-state index in [9.17, 15) is 30.0 Å². The van der Waals surface area contributed by atoms with Crippen molar-refractivity contribution in [2.45, 2.75) is 15.3 Å². The highest BCUT2D eigenvalue weighted by molar-refractivity contribution is 7.92. The molecule has 2 aromatic carbocycles. The number of sulfonamides is 1. The summed E-state index contributed by atoms with van der Waals surface area (Å²) < 4.78 is 101. The molecule has 3 rings (SSSR count). The van der Waals surface area contributed by atoms with E-state index in [2.05, 4.69) is 0 Å². The van der Waals surface area contributed by atoms with Gasteiger partial charge in [0.25, 0.3) is 9.84 Å². The summed E-state index contributed by atoms with van der Waals surface area (Å²) in [5, 5.41) is 0. The van der Waals surface area contributed by atoms with Crippen LogP contribution < -0.4 is 14.4 Å². The van der Waals surface area contributed by atoms with Crippen LogP contribution in [0, 0.1) is 0 Å². The second-order valence-corrected chi connectivity index (χ2v) is 10.6. The molecule has 0 N–H and O–H groups in total. The van der Waals surface area contributed by atoms with Crippen molar-refractivity contribution in [1.82, 2.24) is 4.31 Å². The molecule has 1 fully saturated rings. The number of sulfone groups is 1. The predicted molar refractivity (Wildman–Crippen MR) is 110 cm³/mol. The highest BCUT2D eigenvalue weighted by atomic mass is 32.2. The third kappa shape index (κ3) is 4.36. The summed E-state index contributed by atoms with van der Waals surface area (Å²) in [6.07, 6.45) is 0. The SMILES string of the molecule is COc1ccc(OC)c(S(=O)(=O)N2CCN(c3ccccc3S(=O)(=O)C(F)(F)F)CC2)c1. The second kappa shape index (κ2) is 8.79. The average molecular weight is 495 g/mol. The molecule has 8 nitrogen and oxygen atoms in total. The summed E-state index contributed by atoms with van der Waals surface area (Å²) in [4.78, 5) is 0.458. The van der Waals surface area contributed by atoms with E-state index in [1.165, 1.54) is 53.8 Å². The molecule has 0 atom stereocenters. The Morgan fingerprint density at radius 2 is 1.47 bits per heavy atom. The van der Waals surface area contributed by atoms with Gasteiger partial charge in [0.2, 0.25) is 10.0 Å². The highest BCUT2D eigenvalue weighted by Crippen LogP contribution is 2.37. The van der Waals surface area contributed by atoms with Gasteiger partial charge in [-0.25, -0.2) is 16.8 Å². The normalized spacial score (nSPS) is 16.1. The van der Waals surface area contributed by atoms with Crippen LogP contribution in [0.15, 0.2) is 52.3 Å². The van der Waals surface area contributed by atoms with Crippen LogP contribution in [0.1, 0.15) is 0 Å². The van der Waals surface area contributed by atoms with Gasteiger partial charge in [0.1, 0.15) is 16.4 Å². The zero-order chi connectivity index (χ0) is 23.7. The number of anilines is 1. The standard InChI is InChI=1S/C19H21F3N2O6S2/c1-29-14-7-8-16(30-2)18(13-14)32(27,28)24-11-9-23(10-12-24)15-5-3-4-6-17(15)31(25,26)19(20,21)22/h3-8,13H,9-12H2,1-2H3. The Morgan fingerprint density at radius 3 is 2.03 bits per heavy atom. The molecule has 0 aromatic heterocycles. The molecule has 0 bridgehead atoms. The first-order valence-corrected chi connectivity index (χ1v) is 12.2. The molecule has 0 saturated carbocycles. The van der Waals surface area contributed by atoms with E-state index in [0.717, 1.165) is 6.07 Å². The number of hydrogen-bond acceptors (Lipinski definition) is 7. The lowest BCUT2D eigenvalue weighted by Gasteiger charge is -2.36. The van der Waals surface area contributed by atoms with Gasteiger partial charge >= 0.3 is 5.51 Å². The minimum Gasteiger partial charge on any atom is -0.497 e. The van der Waals surface area contributed by atoms with Gasteiger partial charge in [0.15, 0.2) is 0 Å². The van der Waals surface area contributed by atoms with Crippen molar-refractivity contribution < 1.29 is 39.5 Å². The zero-order valence-corrected chi connectivity index (χ0v) is 18.8. The first kappa shape index (κ1) is 24.1. The molecule has 0 spiro atoms. The maximum absolute atomic E-state index is 13.2. The lowest BCUT2D eigenvalue weighted by atomic mass is 10.2. The molecule has 1 aliphatic rings. The Kier molecular flexibility index (Phi) is 6.63. The summed E-state index contributed by atoms with van der Waals surface area (Å²) >= 11 is 0. The minimum absolute atomic E-state index is 0.00406. The second-order valence-electron chi connectivity index (χ2n) is 6.82. The summed E-state index contributed by atoms with van der Waals surface area (Å²) in [6, 6.07) is 9.13. The van der Waals surface area contributed by atoms with Crippen molar-refractivity contribution in [3.63, 3.8) is 0 Å². The number of nitrogens with zero attached hydrogens (tertiary/aromatic N) is 2. The van der Waals surface area contributed by atoms with Crippen LogP contribution in [0.2, 0.25) is 0 Å². The molecule has 0 amide bonds. The van der Waals surface area contributed by atoms with Crippen molar-refractivity contribution in [2.75, 3.05) is 45.3 Å². The van der Waals surface area contributed by atoms with Crippen LogP contribution in [0.25, 0.3) is 0 Å². The number of ether oxygens (including phenoxy) is 2. The van der Waals surface area contributed by atoms with Gasteiger partial charge in [-0.15, -0.1) is 0 Å². The average Bonchev–Trinajstić information content (AvgIpc) is 2.78. The highest BCUT2D eigenvalue weighted by Gasteiger charge is 2.48. The monoisotopic (exact) mass is 494 g/mol. The van der Waals surface area contributed by atoms with E-state index >= 15 is 0 Å². The van der Waals surface area contributed by atoms with Gasteiger partial charge in [-0.1, -0.05) is 12.1 Å². The molecule has 1 saturated heterocycles. The van der Waals surface area contributed by atoms with Gasteiger partial charge in [-0.3, -0.25) is 0 Å². The lowest BCUT2D eigenvalue weighted by molar-refractivity contribution is -0.0435. The molecule has 13 heteroatoms. The summed E-state index contributed by atoms with van der Waals surface area (Å²) in [7, 11) is -6.84. The van der Waals surface area contributed by atoms with E-state index in [4.69, 9.17) is 9.47 Å². The molecule has 176 valence electrons. The van der Waals surface area contributed by atoms with Crippen molar-refractivity contribution in [3.8, 4) is 11.5 Å². The van der Waals surface area contributed by atoms with Crippen molar-refractivity contribution >= 4 is 25.5 Å². The van der Waals surface area contributed by atoms with E-state index in [1.807, 2.05) is 0 Å². The van der Waals surface area contributed by atoms with Gasteiger partial charge in [0, 0.05) is 32.2 Å². The number of hydrogen-bond donors (Lipinski definition) is 0. The van der Waals surface area contributed by atoms with Gasteiger partial charge < -0.3 is 14.4 Å². The molecule has 1 aliphatic heterocycles. The van der Waals surface area contributed by atoms with Crippen molar-refractivity contribution in [1.29, 1.82) is 0 Å². The third-order valence-corrected chi connectivity index (χ3v) is 8.48. The molecular weight excluding hydrogens is 473 g/mol. The Bertz CT molecular complexity index is 1190. The van der Waals surface area contributed by atoms with Gasteiger partial charge in [0.05, 0.1) is 24.8 Å².